The number of hydrogen-bond acceptors (Lipinski definition) is 6. The number of amides is 2. The lowest BCUT2D eigenvalue weighted by Gasteiger charge is -2.10. The van der Waals surface area contributed by atoms with Crippen LogP contribution < -0.4 is 19.8 Å². The van der Waals surface area contributed by atoms with Crippen LogP contribution in [-0.2, 0) is 23.2 Å². The number of aromatic nitrogens is 2. The maximum atomic E-state index is 13.0. The van der Waals surface area contributed by atoms with E-state index in [4.69, 9.17) is 4.55 Å². The SMILES string of the molecule is CC[n+]1ccc(-c2ccc(NC(=O)c3ccc(C(=O)Nc4ccc(-c5cc[n+](CC)cc5)cc4)c([N+](=O)[O-])c3)cc2)cc1.Cc1ccc(S(=O)(=O)O)cc1. The van der Waals surface area contributed by atoms with Gasteiger partial charge in [-0.2, -0.15) is 8.42 Å². The summed E-state index contributed by atoms with van der Waals surface area (Å²) >= 11 is 0. The van der Waals surface area contributed by atoms with Gasteiger partial charge in [-0.3, -0.25) is 24.3 Å². The van der Waals surface area contributed by atoms with Crippen molar-refractivity contribution in [2.75, 3.05) is 10.6 Å². The standard InChI is InChI=1S/C34H29N5O4.C7H8O3S/c1-3-37-19-15-26(16-20-37)24-5-10-29(11-6-24)35-33(40)28-9-14-31(32(23-28)39(42)43)34(41)36-30-12-7-25(8-13-30)27-17-21-38(4-2)22-18-27;1-6-2-4-7(5-3-6)11(8,9)10/h5-23H,3-4H2,1-2H3;2-5H,1H3,(H,8,9,10)/p+2. The Morgan fingerprint density at radius 3 is 1.48 bits per heavy atom. The van der Waals surface area contributed by atoms with Gasteiger partial charge < -0.3 is 10.6 Å². The zero-order valence-electron chi connectivity index (χ0n) is 29.8. The molecule has 0 fully saturated rings. The molecule has 0 aliphatic heterocycles. The van der Waals surface area contributed by atoms with Crippen LogP contribution in [0, 0.1) is 17.0 Å². The summed E-state index contributed by atoms with van der Waals surface area (Å²) in [5.74, 6) is -1.16. The molecule has 2 heterocycles. The molecule has 0 saturated carbocycles. The fraction of sp³-hybridized carbons (Fsp3) is 0.122. The van der Waals surface area contributed by atoms with Crippen LogP contribution in [0.15, 0.2) is 145 Å². The summed E-state index contributed by atoms with van der Waals surface area (Å²) in [7, 11) is -4.02. The minimum absolute atomic E-state index is 0.0658. The minimum Gasteiger partial charge on any atom is -0.322 e. The van der Waals surface area contributed by atoms with E-state index in [2.05, 4.69) is 33.6 Å². The van der Waals surface area contributed by atoms with E-state index >= 15 is 0 Å². The number of anilines is 2. The van der Waals surface area contributed by atoms with Crippen molar-refractivity contribution in [3.8, 4) is 22.3 Å². The van der Waals surface area contributed by atoms with Gasteiger partial charge in [0.1, 0.15) is 18.7 Å². The smallest absolute Gasteiger partial charge is 0.294 e. The third-order valence-corrected chi connectivity index (χ3v) is 9.35. The van der Waals surface area contributed by atoms with E-state index in [1.165, 1.54) is 24.3 Å². The van der Waals surface area contributed by atoms with Crippen LogP contribution in [0.1, 0.15) is 40.1 Å². The first kappa shape index (κ1) is 38.7. The molecule has 12 nitrogen and oxygen atoms in total. The molecule has 13 heteroatoms. The number of rotatable bonds is 10. The molecule has 0 bridgehead atoms. The number of nitro benzene ring substituents is 1. The van der Waals surface area contributed by atoms with E-state index < -0.39 is 32.5 Å². The maximum absolute atomic E-state index is 13.0. The molecule has 0 aliphatic carbocycles. The van der Waals surface area contributed by atoms with Gasteiger partial charge in [-0.25, -0.2) is 9.13 Å². The van der Waals surface area contributed by atoms with Crippen LogP contribution in [0.25, 0.3) is 22.3 Å². The van der Waals surface area contributed by atoms with Gasteiger partial charge in [0.15, 0.2) is 24.8 Å². The molecular formula is C41H39N5O7S+2. The first-order chi connectivity index (χ1) is 25.8. The van der Waals surface area contributed by atoms with E-state index in [9.17, 15) is 28.1 Å². The van der Waals surface area contributed by atoms with Gasteiger partial charge in [0.05, 0.1) is 9.82 Å². The molecule has 6 aromatic rings. The average Bonchev–Trinajstić information content (AvgIpc) is 3.18. The van der Waals surface area contributed by atoms with Gasteiger partial charge in [-0.05, 0) is 91.6 Å². The second-order valence-corrected chi connectivity index (χ2v) is 13.6. The predicted octanol–water partition coefficient (Wildman–Crippen LogP) is 7.29. The van der Waals surface area contributed by atoms with E-state index in [-0.39, 0.29) is 16.0 Å². The number of nitrogens with one attached hydrogen (secondary N) is 2. The van der Waals surface area contributed by atoms with Crippen molar-refractivity contribution in [1.29, 1.82) is 0 Å². The number of carbonyl (C=O) groups excluding carboxylic acids is 2. The number of hydrogen-bond donors (Lipinski definition) is 3. The molecule has 6 rings (SSSR count). The molecule has 4 aromatic carbocycles. The highest BCUT2D eigenvalue weighted by molar-refractivity contribution is 7.85. The van der Waals surface area contributed by atoms with Crippen LogP contribution in [0.2, 0.25) is 0 Å². The van der Waals surface area contributed by atoms with Crippen LogP contribution in [0.5, 0.6) is 0 Å². The lowest BCUT2D eigenvalue weighted by molar-refractivity contribution is -0.693. The van der Waals surface area contributed by atoms with Crippen LogP contribution in [0.4, 0.5) is 17.1 Å². The Balaban J connectivity index is 0.000000438. The molecule has 0 atom stereocenters. The normalized spacial score (nSPS) is 10.8. The van der Waals surface area contributed by atoms with Crippen molar-refractivity contribution in [2.45, 2.75) is 38.8 Å². The molecular weight excluding hydrogens is 707 g/mol. The molecule has 274 valence electrons. The van der Waals surface area contributed by atoms with Gasteiger partial charge in [0.2, 0.25) is 0 Å². The first-order valence-corrected chi connectivity index (χ1v) is 18.4. The second kappa shape index (κ2) is 17.3. The highest BCUT2D eigenvalue weighted by Gasteiger charge is 2.23. The topological polar surface area (TPSA) is 163 Å². The van der Waals surface area contributed by atoms with Crippen LogP contribution in [-0.4, -0.2) is 29.7 Å². The zero-order valence-corrected chi connectivity index (χ0v) is 30.7. The number of carbonyl (C=O) groups is 2. The Hall–Kier alpha value is -6.57. The van der Waals surface area contributed by atoms with E-state index in [0.717, 1.165) is 47.0 Å². The Kier molecular flexibility index (Phi) is 12.4. The number of benzene rings is 4. The van der Waals surface area contributed by atoms with Crippen molar-refractivity contribution in [2.24, 2.45) is 0 Å². The number of pyridine rings is 2. The second-order valence-electron chi connectivity index (χ2n) is 12.2. The molecule has 0 saturated heterocycles. The first-order valence-electron chi connectivity index (χ1n) is 17.0. The Morgan fingerprint density at radius 2 is 1.07 bits per heavy atom. The summed E-state index contributed by atoms with van der Waals surface area (Å²) in [5, 5.41) is 17.3. The fourth-order valence-electron chi connectivity index (χ4n) is 5.34. The number of nitro groups is 1. The predicted molar refractivity (Wildman–Crippen MR) is 205 cm³/mol. The largest absolute Gasteiger partial charge is 0.322 e. The Bertz CT molecular complexity index is 2370. The Morgan fingerprint density at radius 1 is 0.648 bits per heavy atom. The molecule has 2 aromatic heterocycles. The fourth-order valence-corrected chi connectivity index (χ4v) is 5.82. The van der Waals surface area contributed by atoms with E-state index in [0.29, 0.717) is 11.4 Å². The van der Waals surface area contributed by atoms with Crippen molar-refractivity contribution in [3.63, 3.8) is 0 Å². The summed E-state index contributed by atoms with van der Waals surface area (Å²) in [5.41, 5.74) is 5.50. The van der Waals surface area contributed by atoms with Crippen LogP contribution >= 0.6 is 0 Å². The van der Waals surface area contributed by atoms with Gasteiger partial charge >= 0.3 is 0 Å². The molecule has 3 N–H and O–H groups in total. The summed E-state index contributed by atoms with van der Waals surface area (Å²) < 4.78 is 33.7. The summed E-state index contributed by atoms with van der Waals surface area (Å²) in [4.78, 5) is 37.1. The molecule has 2 amide bonds. The summed E-state index contributed by atoms with van der Waals surface area (Å²) in [6, 6.07) is 32.4. The van der Waals surface area contributed by atoms with E-state index in [1.807, 2.05) is 80.2 Å². The molecule has 0 spiro atoms. The third kappa shape index (κ3) is 10.1. The number of nitrogens with zero attached hydrogens (tertiary/aromatic N) is 3. The van der Waals surface area contributed by atoms with Crippen molar-refractivity contribution < 1.29 is 36.6 Å². The lowest BCUT2D eigenvalue weighted by Crippen LogP contribution is -2.30. The van der Waals surface area contributed by atoms with Gasteiger partial charge in [0, 0.05) is 47.3 Å². The minimum atomic E-state index is -4.02. The highest BCUT2D eigenvalue weighted by Crippen LogP contribution is 2.25. The zero-order chi connectivity index (χ0) is 38.8. The third-order valence-electron chi connectivity index (χ3n) is 8.48. The number of aryl methyl sites for hydroxylation is 3. The summed E-state index contributed by atoms with van der Waals surface area (Å²) in [6.07, 6.45) is 8.00. The van der Waals surface area contributed by atoms with Gasteiger partial charge in [-0.15, -0.1) is 0 Å². The molecule has 0 unspecified atom stereocenters. The van der Waals surface area contributed by atoms with Crippen LogP contribution in [0.3, 0.4) is 0 Å². The van der Waals surface area contributed by atoms with E-state index in [1.54, 1.807) is 36.4 Å². The highest BCUT2D eigenvalue weighted by atomic mass is 32.2. The van der Waals surface area contributed by atoms with Crippen molar-refractivity contribution in [1.82, 2.24) is 0 Å². The Labute approximate surface area is 313 Å². The molecule has 54 heavy (non-hydrogen) atoms. The maximum Gasteiger partial charge on any atom is 0.294 e. The quantitative estimate of drug-likeness (QED) is 0.0574. The summed E-state index contributed by atoms with van der Waals surface area (Å²) in [6.45, 7) is 7.74. The van der Waals surface area contributed by atoms with Crippen molar-refractivity contribution >= 4 is 39.0 Å². The molecule has 0 aliphatic rings. The average molecular weight is 746 g/mol. The van der Waals surface area contributed by atoms with Crippen molar-refractivity contribution in [3.05, 3.63) is 167 Å². The van der Waals surface area contributed by atoms with Gasteiger partial charge in [-0.1, -0.05) is 42.0 Å². The lowest BCUT2D eigenvalue weighted by atomic mass is 10.1. The van der Waals surface area contributed by atoms with Gasteiger partial charge in [0.25, 0.3) is 27.6 Å². The molecule has 0 radical (unpaired) electrons. The monoisotopic (exact) mass is 745 g/mol.